The minimum absolute atomic E-state index is 0.291. The average molecular weight is 244 g/mol. The Labute approximate surface area is 104 Å². The number of nitrogens with one attached hydrogen (secondary N) is 1. The van der Waals surface area contributed by atoms with E-state index in [0.29, 0.717) is 17.4 Å². The number of fused-ring (bicyclic) bond motifs is 1. The van der Waals surface area contributed by atoms with Crippen LogP contribution in [0.4, 0.5) is 4.39 Å². The number of allylic oxidation sites excluding steroid dienone is 2. The number of nitrogens with zero attached hydrogens (tertiary/aromatic N) is 1. The van der Waals surface area contributed by atoms with Gasteiger partial charge in [0.25, 0.3) is 5.91 Å². The summed E-state index contributed by atoms with van der Waals surface area (Å²) in [5, 5.41) is 4.13. The Morgan fingerprint density at radius 3 is 3.11 bits per heavy atom. The van der Waals surface area contributed by atoms with E-state index in [4.69, 9.17) is 0 Å². The molecule has 0 spiro atoms. The van der Waals surface area contributed by atoms with E-state index in [2.05, 4.69) is 22.7 Å². The fraction of sp³-hybridized carbons (Fsp3) is 0.286. The van der Waals surface area contributed by atoms with Crippen LogP contribution >= 0.6 is 0 Å². The summed E-state index contributed by atoms with van der Waals surface area (Å²) in [5.74, 6) is 0.294. The molecule has 4 heteroatoms. The zero-order valence-corrected chi connectivity index (χ0v) is 9.77. The van der Waals surface area contributed by atoms with Crippen molar-refractivity contribution in [2.24, 2.45) is 16.9 Å². The predicted octanol–water partition coefficient (Wildman–Crippen LogP) is 2.51. The lowest BCUT2D eigenvalue weighted by molar-refractivity contribution is 0.0953. The zero-order chi connectivity index (χ0) is 12.5. The number of hydrazone groups is 1. The van der Waals surface area contributed by atoms with Crippen LogP contribution in [0.2, 0.25) is 0 Å². The molecule has 2 aliphatic carbocycles. The maximum Gasteiger partial charge on any atom is 0.271 e. The molecule has 2 atom stereocenters. The van der Waals surface area contributed by atoms with E-state index < -0.39 is 5.82 Å². The smallest absolute Gasteiger partial charge is 0.267 e. The molecular formula is C14H13FN2O. The van der Waals surface area contributed by atoms with Crippen LogP contribution in [-0.4, -0.2) is 11.6 Å². The highest BCUT2D eigenvalue weighted by Crippen LogP contribution is 2.40. The Bertz CT molecular complexity index is 550. The monoisotopic (exact) mass is 244 g/mol. The molecule has 1 saturated carbocycles. The fourth-order valence-electron chi connectivity index (χ4n) is 2.48. The van der Waals surface area contributed by atoms with Gasteiger partial charge in [-0.05, 0) is 37.0 Å². The summed E-state index contributed by atoms with van der Waals surface area (Å²) < 4.78 is 13.0. The maximum absolute atomic E-state index is 13.0. The summed E-state index contributed by atoms with van der Waals surface area (Å²) in [6, 6.07) is 5.59. The highest BCUT2D eigenvalue weighted by Gasteiger charge is 2.37. The van der Waals surface area contributed by atoms with Crippen LogP contribution < -0.4 is 5.43 Å². The van der Waals surface area contributed by atoms with Crippen molar-refractivity contribution in [1.82, 2.24) is 5.43 Å². The van der Waals surface area contributed by atoms with Gasteiger partial charge in [0, 0.05) is 17.2 Å². The molecule has 2 aliphatic rings. The summed E-state index contributed by atoms with van der Waals surface area (Å²) >= 11 is 0. The fourth-order valence-corrected chi connectivity index (χ4v) is 2.48. The Hall–Kier alpha value is -1.97. The minimum Gasteiger partial charge on any atom is -0.267 e. The number of benzene rings is 1. The third kappa shape index (κ3) is 1.94. The SMILES string of the molecule is O=C(NN=C1CC2C=CCC12)c1cccc(F)c1. The van der Waals surface area contributed by atoms with Crippen molar-refractivity contribution in [3.63, 3.8) is 0 Å². The van der Waals surface area contributed by atoms with Crippen molar-refractivity contribution in [2.75, 3.05) is 0 Å². The molecule has 18 heavy (non-hydrogen) atoms. The minimum atomic E-state index is -0.418. The maximum atomic E-state index is 13.0. The largest absolute Gasteiger partial charge is 0.271 e. The summed E-state index contributed by atoms with van der Waals surface area (Å²) in [5.41, 5.74) is 3.82. The van der Waals surface area contributed by atoms with E-state index >= 15 is 0 Å². The quantitative estimate of drug-likeness (QED) is 0.630. The number of carbonyl (C=O) groups excluding carboxylic acids is 1. The summed E-state index contributed by atoms with van der Waals surface area (Å²) in [6.07, 6.45) is 6.30. The van der Waals surface area contributed by atoms with Gasteiger partial charge in [-0.1, -0.05) is 18.2 Å². The van der Waals surface area contributed by atoms with Gasteiger partial charge < -0.3 is 0 Å². The lowest BCUT2D eigenvalue weighted by Gasteiger charge is -2.31. The Balaban J connectivity index is 1.64. The van der Waals surface area contributed by atoms with Crippen LogP contribution in [0, 0.1) is 17.7 Å². The van der Waals surface area contributed by atoms with Gasteiger partial charge in [0.05, 0.1) is 0 Å². The van der Waals surface area contributed by atoms with Crippen LogP contribution in [-0.2, 0) is 0 Å². The molecule has 0 radical (unpaired) electrons. The molecule has 1 aromatic carbocycles. The van der Waals surface area contributed by atoms with Gasteiger partial charge in [-0.2, -0.15) is 5.10 Å². The number of amides is 1. The van der Waals surface area contributed by atoms with E-state index in [1.165, 1.54) is 18.2 Å². The van der Waals surface area contributed by atoms with Gasteiger partial charge in [0.1, 0.15) is 5.82 Å². The lowest BCUT2D eigenvalue weighted by Crippen LogP contribution is -2.35. The molecule has 2 unspecified atom stereocenters. The zero-order valence-electron chi connectivity index (χ0n) is 9.77. The van der Waals surface area contributed by atoms with Crippen molar-refractivity contribution in [3.05, 3.63) is 47.8 Å². The number of halogens is 1. The van der Waals surface area contributed by atoms with Crippen molar-refractivity contribution in [2.45, 2.75) is 12.8 Å². The van der Waals surface area contributed by atoms with E-state index in [1.54, 1.807) is 6.07 Å². The van der Waals surface area contributed by atoms with E-state index in [9.17, 15) is 9.18 Å². The van der Waals surface area contributed by atoms with Crippen molar-refractivity contribution < 1.29 is 9.18 Å². The Morgan fingerprint density at radius 2 is 2.33 bits per heavy atom. The van der Waals surface area contributed by atoms with Crippen LogP contribution in [0.3, 0.4) is 0 Å². The molecule has 1 fully saturated rings. The molecule has 1 amide bonds. The second kappa shape index (κ2) is 4.37. The predicted molar refractivity (Wildman–Crippen MR) is 66.7 cm³/mol. The van der Waals surface area contributed by atoms with Crippen LogP contribution in [0.1, 0.15) is 23.2 Å². The molecule has 3 nitrogen and oxygen atoms in total. The lowest BCUT2D eigenvalue weighted by atomic mass is 9.74. The van der Waals surface area contributed by atoms with E-state index in [-0.39, 0.29) is 5.91 Å². The molecule has 3 rings (SSSR count). The summed E-state index contributed by atoms with van der Waals surface area (Å²) in [7, 11) is 0. The van der Waals surface area contributed by atoms with Gasteiger partial charge >= 0.3 is 0 Å². The number of carbonyl (C=O) groups is 1. The first-order valence-corrected chi connectivity index (χ1v) is 6.03. The second-order valence-corrected chi connectivity index (χ2v) is 4.69. The van der Waals surface area contributed by atoms with Gasteiger partial charge in [0.15, 0.2) is 0 Å². The first-order chi connectivity index (χ1) is 8.74. The molecular weight excluding hydrogens is 231 g/mol. The standard InChI is InChI=1S/C14H13FN2O/c15-11-5-1-4-10(7-11)14(18)17-16-13-8-9-3-2-6-12(9)13/h1-5,7,9,12H,6,8H2,(H,17,18). The highest BCUT2D eigenvalue weighted by molar-refractivity contribution is 5.98. The molecule has 92 valence electrons. The number of hydrogen-bond acceptors (Lipinski definition) is 2. The topological polar surface area (TPSA) is 41.5 Å². The van der Waals surface area contributed by atoms with Gasteiger partial charge in [-0.3, -0.25) is 4.79 Å². The van der Waals surface area contributed by atoms with Crippen molar-refractivity contribution in [1.29, 1.82) is 0 Å². The van der Waals surface area contributed by atoms with Crippen molar-refractivity contribution in [3.8, 4) is 0 Å². The molecule has 1 aromatic rings. The molecule has 0 bridgehead atoms. The van der Waals surface area contributed by atoms with Gasteiger partial charge in [-0.15, -0.1) is 0 Å². The van der Waals surface area contributed by atoms with Crippen LogP contribution in [0.25, 0.3) is 0 Å². The Morgan fingerprint density at radius 1 is 1.44 bits per heavy atom. The molecule has 1 N–H and O–H groups in total. The van der Waals surface area contributed by atoms with Gasteiger partial charge in [0.2, 0.25) is 0 Å². The number of rotatable bonds is 2. The molecule has 0 heterocycles. The summed E-state index contributed by atoms with van der Waals surface area (Å²) in [6.45, 7) is 0. The number of hydrogen-bond donors (Lipinski definition) is 1. The average Bonchev–Trinajstić information content (AvgIpc) is 2.71. The molecule has 0 aliphatic heterocycles. The molecule has 0 aromatic heterocycles. The third-order valence-corrected chi connectivity index (χ3v) is 3.55. The van der Waals surface area contributed by atoms with E-state index in [0.717, 1.165) is 18.6 Å². The van der Waals surface area contributed by atoms with Crippen molar-refractivity contribution >= 4 is 11.6 Å². The second-order valence-electron chi connectivity index (χ2n) is 4.69. The first kappa shape index (κ1) is 11.1. The van der Waals surface area contributed by atoms with E-state index in [1.807, 2.05) is 0 Å². The normalized spacial score (nSPS) is 26.8. The summed E-state index contributed by atoms with van der Waals surface area (Å²) in [4.78, 5) is 11.7. The van der Waals surface area contributed by atoms with Crippen LogP contribution in [0.5, 0.6) is 0 Å². The molecule has 0 saturated heterocycles. The Kier molecular flexibility index (Phi) is 2.70. The van der Waals surface area contributed by atoms with Gasteiger partial charge in [-0.25, -0.2) is 9.82 Å². The third-order valence-electron chi connectivity index (χ3n) is 3.55. The highest BCUT2D eigenvalue weighted by atomic mass is 19.1. The van der Waals surface area contributed by atoms with Crippen LogP contribution in [0.15, 0.2) is 41.5 Å². The first-order valence-electron chi connectivity index (χ1n) is 6.03.